The number of hydrogen-bond donors (Lipinski definition) is 0. The zero-order valence-electron chi connectivity index (χ0n) is 11.3. The summed E-state index contributed by atoms with van der Waals surface area (Å²) in [5, 5.41) is 0. The van der Waals surface area contributed by atoms with Gasteiger partial charge in [-0.15, -0.1) is 0 Å². The van der Waals surface area contributed by atoms with Gasteiger partial charge >= 0.3 is 0 Å². The Balaban J connectivity index is 3.09. The van der Waals surface area contributed by atoms with Crippen molar-refractivity contribution >= 4 is 5.57 Å². The molecule has 0 heteroatoms. The Morgan fingerprint density at radius 3 is 2.12 bits per heavy atom. The van der Waals surface area contributed by atoms with Crippen molar-refractivity contribution < 1.29 is 0 Å². The molecule has 0 heterocycles. The molecule has 0 saturated heterocycles. The number of hydrogen-bond acceptors (Lipinski definition) is 0. The second-order valence-corrected chi connectivity index (χ2v) is 5.19. The molecule has 0 saturated carbocycles. The number of rotatable bonds is 3. The predicted molar refractivity (Wildman–Crippen MR) is 78.1 cm³/mol. The first kappa shape index (κ1) is 13.5. The Hall–Kier alpha value is -1.56. The fourth-order valence-electron chi connectivity index (χ4n) is 1.72. The molecule has 0 bridgehead atoms. The van der Waals surface area contributed by atoms with Crippen LogP contribution >= 0.6 is 0 Å². The minimum absolute atomic E-state index is 0.210. The van der Waals surface area contributed by atoms with Crippen LogP contribution in [-0.4, -0.2) is 0 Å². The average molecular weight is 226 g/mol. The van der Waals surface area contributed by atoms with Crippen LogP contribution in [0.3, 0.4) is 0 Å². The van der Waals surface area contributed by atoms with Gasteiger partial charge in [0.1, 0.15) is 0 Å². The molecule has 0 N–H and O–H groups in total. The van der Waals surface area contributed by atoms with Crippen molar-refractivity contribution in [3.8, 4) is 0 Å². The van der Waals surface area contributed by atoms with E-state index in [0.29, 0.717) is 0 Å². The normalized spacial score (nSPS) is 13.1. The van der Waals surface area contributed by atoms with Crippen molar-refractivity contribution in [2.45, 2.75) is 33.1 Å². The van der Waals surface area contributed by atoms with Crippen LogP contribution in [0.1, 0.15) is 38.8 Å². The minimum Gasteiger partial charge on any atom is -0.0990 e. The van der Waals surface area contributed by atoms with Crippen molar-refractivity contribution in [3.05, 3.63) is 66.3 Å². The van der Waals surface area contributed by atoms with Crippen LogP contribution in [0.15, 0.2) is 55.1 Å². The van der Waals surface area contributed by atoms with E-state index in [0.717, 1.165) is 0 Å². The lowest BCUT2D eigenvalue weighted by Gasteiger charge is -2.19. The van der Waals surface area contributed by atoms with Gasteiger partial charge in [-0.25, -0.2) is 0 Å². The zero-order chi connectivity index (χ0) is 12.9. The Morgan fingerprint density at radius 1 is 1.12 bits per heavy atom. The van der Waals surface area contributed by atoms with Crippen LogP contribution in [0.2, 0.25) is 0 Å². The van der Waals surface area contributed by atoms with E-state index in [4.69, 9.17) is 0 Å². The van der Waals surface area contributed by atoms with Gasteiger partial charge in [0.15, 0.2) is 0 Å². The molecular formula is C17H22. The maximum Gasteiger partial charge on any atom is -0.0132 e. The Morgan fingerprint density at radius 2 is 1.71 bits per heavy atom. The van der Waals surface area contributed by atoms with Crippen LogP contribution in [-0.2, 0) is 5.41 Å². The van der Waals surface area contributed by atoms with E-state index >= 15 is 0 Å². The lowest BCUT2D eigenvalue weighted by Crippen LogP contribution is -2.10. The summed E-state index contributed by atoms with van der Waals surface area (Å²) in [4.78, 5) is 0. The largest absolute Gasteiger partial charge is 0.0990 e. The molecule has 0 unspecified atom stereocenters. The lowest BCUT2D eigenvalue weighted by atomic mass is 9.86. The standard InChI is InChI=1S/C17H22/c1-6-8-14(9-7-2)15-10-12-16(13-11-15)17(3,4)5/h6-13H,1H2,2-5H3/b9-7-,14-8+. The van der Waals surface area contributed by atoms with Crippen LogP contribution < -0.4 is 0 Å². The third-order valence-corrected chi connectivity index (χ3v) is 2.73. The molecule has 90 valence electrons. The molecule has 0 amide bonds. The van der Waals surface area contributed by atoms with E-state index < -0.39 is 0 Å². The van der Waals surface area contributed by atoms with Gasteiger partial charge in [0.2, 0.25) is 0 Å². The van der Waals surface area contributed by atoms with E-state index in [1.165, 1.54) is 16.7 Å². The van der Waals surface area contributed by atoms with Crippen molar-refractivity contribution in [3.63, 3.8) is 0 Å². The molecular weight excluding hydrogens is 204 g/mol. The summed E-state index contributed by atoms with van der Waals surface area (Å²) in [7, 11) is 0. The minimum atomic E-state index is 0.210. The first-order valence-corrected chi connectivity index (χ1v) is 6.05. The fraction of sp³-hybridized carbons (Fsp3) is 0.294. The molecule has 0 aliphatic carbocycles. The summed E-state index contributed by atoms with van der Waals surface area (Å²) < 4.78 is 0. The van der Waals surface area contributed by atoms with Gasteiger partial charge in [0, 0.05) is 0 Å². The van der Waals surface area contributed by atoms with E-state index in [9.17, 15) is 0 Å². The highest BCUT2D eigenvalue weighted by molar-refractivity contribution is 5.75. The zero-order valence-corrected chi connectivity index (χ0v) is 11.3. The van der Waals surface area contributed by atoms with Gasteiger partial charge < -0.3 is 0 Å². The SMILES string of the molecule is C=C/C=C(\C=C/C)c1ccc(C(C)(C)C)cc1. The topological polar surface area (TPSA) is 0 Å². The summed E-state index contributed by atoms with van der Waals surface area (Å²) >= 11 is 0. The molecule has 1 aromatic rings. The smallest absolute Gasteiger partial charge is 0.0132 e. The third kappa shape index (κ3) is 3.74. The molecule has 0 nitrogen and oxygen atoms in total. The van der Waals surface area contributed by atoms with Crippen molar-refractivity contribution in [1.29, 1.82) is 0 Å². The summed E-state index contributed by atoms with van der Waals surface area (Å²) in [5.41, 5.74) is 4.00. The number of benzene rings is 1. The van der Waals surface area contributed by atoms with Crippen molar-refractivity contribution in [2.24, 2.45) is 0 Å². The average Bonchev–Trinajstić information content (AvgIpc) is 2.28. The maximum atomic E-state index is 3.75. The highest BCUT2D eigenvalue weighted by Gasteiger charge is 2.12. The Bertz CT molecular complexity index is 422. The molecule has 0 atom stereocenters. The van der Waals surface area contributed by atoms with E-state index in [-0.39, 0.29) is 5.41 Å². The van der Waals surface area contributed by atoms with E-state index in [1.54, 1.807) is 0 Å². The molecule has 1 rings (SSSR count). The van der Waals surface area contributed by atoms with Crippen molar-refractivity contribution in [1.82, 2.24) is 0 Å². The molecule has 0 aromatic heterocycles. The molecule has 17 heavy (non-hydrogen) atoms. The quantitative estimate of drug-likeness (QED) is 0.627. The van der Waals surface area contributed by atoms with E-state index in [1.807, 2.05) is 25.2 Å². The first-order valence-electron chi connectivity index (χ1n) is 6.05. The molecule has 0 spiro atoms. The van der Waals surface area contributed by atoms with Crippen LogP contribution in [0.5, 0.6) is 0 Å². The van der Waals surface area contributed by atoms with Crippen LogP contribution in [0.4, 0.5) is 0 Å². The van der Waals surface area contributed by atoms with E-state index in [2.05, 4.69) is 57.7 Å². The molecule has 0 fully saturated rings. The summed E-state index contributed by atoms with van der Waals surface area (Å²) in [6, 6.07) is 8.76. The molecule has 0 aliphatic rings. The van der Waals surface area contributed by atoms with Gasteiger partial charge in [-0.1, -0.05) is 75.9 Å². The summed E-state index contributed by atoms with van der Waals surface area (Å²) in [6.45, 7) is 12.5. The van der Waals surface area contributed by atoms with Gasteiger partial charge in [0.25, 0.3) is 0 Å². The summed E-state index contributed by atoms with van der Waals surface area (Å²) in [5.74, 6) is 0. The van der Waals surface area contributed by atoms with Crippen LogP contribution in [0, 0.1) is 0 Å². The van der Waals surface area contributed by atoms with Crippen LogP contribution in [0.25, 0.3) is 5.57 Å². The second kappa shape index (κ2) is 5.67. The van der Waals surface area contributed by atoms with Gasteiger partial charge in [-0.3, -0.25) is 0 Å². The monoisotopic (exact) mass is 226 g/mol. The summed E-state index contributed by atoms with van der Waals surface area (Å²) in [6.07, 6.45) is 8.01. The fourth-order valence-corrected chi connectivity index (χ4v) is 1.72. The third-order valence-electron chi connectivity index (χ3n) is 2.73. The molecule has 0 radical (unpaired) electrons. The maximum absolute atomic E-state index is 3.75. The Kier molecular flexibility index (Phi) is 4.51. The lowest BCUT2D eigenvalue weighted by molar-refractivity contribution is 0.590. The van der Waals surface area contributed by atoms with Gasteiger partial charge in [-0.2, -0.15) is 0 Å². The van der Waals surface area contributed by atoms with Gasteiger partial charge in [0.05, 0.1) is 0 Å². The van der Waals surface area contributed by atoms with Gasteiger partial charge in [-0.05, 0) is 29.0 Å². The highest BCUT2D eigenvalue weighted by Crippen LogP contribution is 2.24. The predicted octanol–water partition coefficient (Wildman–Crippen LogP) is 5.13. The Labute approximate surface area is 105 Å². The highest BCUT2D eigenvalue weighted by atomic mass is 14.2. The number of allylic oxidation sites excluding steroid dienone is 5. The molecule has 1 aromatic carbocycles. The molecule has 0 aliphatic heterocycles. The van der Waals surface area contributed by atoms with Crippen molar-refractivity contribution in [2.75, 3.05) is 0 Å². The first-order chi connectivity index (χ1) is 7.99. The second-order valence-electron chi connectivity index (χ2n) is 5.19.